The number of hydrogen-bond acceptors (Lipinski definition) is 0. The monoisotopic (exact) mass is 144 g/mol. The van der Waals surface area contributed by atoms with Gasteiger partial charge in [-0.1, -0.05) is 27.7 Å². The fourth-order valence-corrected chi connectivity index (χ4v) is 1.94. The third kappa shape index (κ3) is 1.18. The van der Waals surface area contributed by atoms with Crippen molar-refractivity contribution in [2.45, 2.75) is 33.9 Å². The molecule has 1 aliphatic rings. The Morgan fingerprint density at radius 1 is 0.900 bits per heavy atom. The zero-order valence-corrected chi connectivity index (χ0v) is 7.26. The van der Waals surface area contributed by atoms with Crippen molar-refractivity contribution >= 4 is 0 Å². The molecule has 0 saturated heterocycles. The van der Waals surface area contributed by atoms with E-state index in [0.717, 1.165) is 0 Å². The van der Waals surface area contributed by atoms with Gasteiger partial charge in [-0.25, -0.2) is 4.39 Å². The van der Waals surface area contributed by atoms with Crippen LogP contribution in [0.1, 0.15) is 27.7 Å². The first-order chi connectivity index (χ1) is 4.55. The Balaban J connectivity index is 2.41. The minimum atomic E-state index is -0.500. The van der Waals surface area contributed by atoms with Crippen molar-refractivity contribution in [1.82, 2.24) is 0 Å². The summed E-state index contributed by atoms with van der Waals surface area (Å²) < 4.78 is 12.9. The molecular weight excluding hydrogens is 127 g/mol. The second-order valence-corrected chi connectivity index (χ2v) is 4.09. The van der Waals surface area contributed by atoms with Crippen LogP contribution in [-0.2, 0) is 0 Å². The first-order valence-electron chi connectivity index (χ1n) is 4.19. The van der Waals surface area contributed by atoms with E-state index in [4.69, 9.17) is 0 Å². The lowest BCUT2D eigenvalue weighted by Gasteiger charge is -2.03. The lowest BCUT2D eigenvalue weighted by molar-refractivity contribution is 0.393. The summed E-state index contributed by atoms with van der Waals surface area (Å²) in [7, 11) is 0. The van der Waals surface area contributed by atoms with Crippen molar-refractivity contribution in [2.75, 3.05) is 0 Å². The molecule has 10 heavy (non-hydrogen) atoms. The lowest BCUT2D eigenvalue weighted by atomic mass is 10.0. The highest BCUT2D eigenvalue weighted by Crippen LogP contribution is 2.51. The summed E-state index contributed by atoms with van der Waals surface area (Å²) in [6, 6.07) is 0. The molecule has 0 aromatic heterocycles. The van der Waals surface area contributed by atoms with E-state index in [1.165, 1.54) is 0 Å². The Morgan fingerprint density at radius 3 is 1.30 bits per heavy atom. The zero-order chi connectivity index (χ0) is 7.89. The molecule has 1 heteroatoms. The number of halogens is 1. The molecule has 0 N–H and O–H groups in total. The molecule has 0 nitrogen and oxygen atoms in total. The van der Waals surface area contributed by atoms with Crippen LogP contribution in [0.4, 0.5) is 4.39 Å². The average molecular weight is 144 g/mol. The highest BCUT2D eigenvalue weighted by atomic mass is 19.1. The van der Waals surface area contributed by atoms with E-state index >= 15 is 0 Å². The number of hydrogen-bond donors (Lipinski definition) is 0. The third-order valence-corrected chi connectivity index (χ3v) is 2.58. The van der Waals surface area contributed by atoms with Crippen molar-refractivity contribution in [3.63, 3.8) is 0 Å². The molecule has 0 bridgehead atoms. The van der Waals surface area contributed by atoms with Gasteiger partial charge in [0.25, 0.3) is 0 Å². The molecule has 0 aliphatic heterocycles. The van der Waals surface area contributed by atoms with Gasteiger partial charge in [0.05, 0.1) is 0 Å². The SMILES string of the molecule is CC(C)C1C(F)C1C(C)C. The second kappa shape index (κ2) is 2.52. The number of rotatable bonds is 2. The highest BCUT2D eigenvalue weighted by molar-refractivity contribution is 5.00. The molecule has 2 unspecified atom stereocenters. The van der Waals surface area contributed by atoms with Gasteiger partial charge in [0.15, 0.2) is 0 Å². The van der Waals surface area contributed by atoms with Gasteiger partial charge in [0.1, 0.15) is 6.17 Å². The summed E-state index contributed by atoms with van der Waals surface area (Å²) in [5.74, 6) is 1.78. The predicted octanol–water partition coefficient (Wildman–Crippen LogP) is 2.88. The summed E-state index contributed by atoms with van der Waals surface area (Å²) in [6.45, 7) is 8.44. The van der Waals surface area contributed by atoms with Gasteiger partial charge in [-0.2, -0.15) is 0 Å². The maximum atomic E-state index is 12.9. The predicted molar refractivity (Wildman–Crippen MR) is 41.6 cm³/mol. The Bertz CT molecular complexity index is 104. The topological polar surface area (TPSA) is 0 Å². The van der Waals surface area contributed by atoms with E-state index in [1.54, 1.807) is 0 Å². The molecule has 0 spiro atoms. The van der Waals surface area contributed by atoms with E-state index in [1.807, 2.05) is 0 Å². The molecule has 0 radical (unpaired) electrons. The van der Waals surface area contributed by atoms with Gasteiger partial charge in [-0.05, 0) is 23.7 Å². The first-order valence-corrected chi connectivity index (χ1v) is 4.19. The fourth-order valence-electron chi connectivity index (χ4n) is 1.94. The van der Waals surface area contributed by atoms with Crippen LogP contribution >= 0.6 is 0 Å². The smallest absolute Gasteiger partial charge is 0.107 e. The molecule has 1 fully saturated rings. The summed E-state index contributed by atoms with van der Waals surface area (Å²) in [5, 5.41) is 0. The summed E-state index contributed by atoms with van der Waals surface area (Å²) in [4.78, 5) is 0. The van der Waals surface area contributed by atoms with E-state index in [0.29, 0.717) is 23.7 Å². The van der Waals surface area contributed by atoms with Crippen LogP contribution in [0.15, 0.2) is 0 Å². The molecule has 0 aromatic rings. The summed E-state index contributed by atoms with van der Waals surface area (Å²) >= 11 is 0. The van der Waals surface area contributed by atoms with Crippen LogP contribution in [0.25, 0.3) is 0 Å². The zero-order valence-electron chi connectivity index (χ0n) is 7.26. The van der Waals surface area contributed by atoms with Crippen LogP contribution in [0.5, 0.6) is 0 Å². The van der Waals surface area contributed by atoms with Gasteiger partial charge in [0, 0.05) is 0 Å². The molecule has 2 atom stereocenters. The normalized spacial score (nSPS) is 39.3. The van der Waals surface area contributed by atoms with Crippen molar-refractivity contribution in [1.29, 1.82) is 0 Å². The van der Waals surface area contributed by atoms with Crippen molar-refractivity contribution in [3.8, 4) is 0 Å². The van der Waals surface area contributed by atoms with Crippen LogP contribution in [0.3, 0.4) is 0 Å². The van der Waals surface area contributed by atoms with Gasteiger partial charge in [0.2, 0.25) is 0 Å². The maximum absolute atomic E-state index is 12.9. The fraction of sp³-hybridized carbons (Fsp3) is 1.00. The minimum Gasteiger partial charge on any atom is -0.247 e. The van der Waals surface area contributed by atoms with Gasteiger partial charge >= 0.3 is 0 Å². The first kappa shape index (κ1) is 8.03. The second-order valence-electron chi connectivity index (χ2n) is 4.09. The molecule has 0 heterocycles. The maximum Gasteiger partial charge on any atom is 0.107 e. The molecule has 60 valence electrons. The summed E-state index contributed by atoms with van der Waals surface area (Å²) in [6.07, 6.45) is -0.500. The van der Waals surface area contributed by atoms with Crippen LogP contribution in [0.2, 0.25) is 0 Å². The van der Waals surface area contributed by atoms with Crippen LogP contribution in [0, 0.1) is 23.7 Å². The van der Waals surface area contributed by atoms with Crippen LogP contribution < -0.4 is 0 Å². The molecule has 1 saturated carbocycles. The Hall–Kier alpha value is -0.0700. The average Bonchev–Trinajstić information content (AvgIpc) is 2.40. The molecule has 1 rings (SSSR count). The largest absolute Gasteiger partial charge is 0.247 e. The highest BCUT2D eigenvalue weighted by Gasteiger charge is 2.53. The molecular formula is C9H17F. The Labute approximate surface area is 62.8 Å². The van der Waals surface area contributed by atoms with Gasteiger partial charge < -0.3 is 0 Å². The molecule has 0 aromatic carbocycles. The minimum absolute atomic E-state index is 0.361. The van der Waals surface area contributed by atoms with Gasteiger partial charge in [-0.15, -0.1) is 0 Å². The van der Waals surface area contributed by atoms with Crippen LogP contribution in [-0.4, -0.2) is 6.17 Å². The van der Waals surface area contributed by atoms with E-state index in [9.17, 15) is 4.39 Å². The van der Waals surface area contributed by atoms with Crippen molar-refractivity contribution in [2.24, 2.45) is 23.7 Å². The van der Waals surface area contributed by atoms with Crippen molar-refractivity contribution < 1.29 is 4.39 Å². The Morgan fingerprint density at radius 2 is 1.20 bits per heavy atom. The quantitative estimate of drug-likeness (QED) is 0.559. The van der Waals surface area contributed by atoms with E-state index < -0.39 is 6.17 Å². The molecule has 1 aliphatic carbocycles. The molecule has 0 amide bonds. The standard InChI is InChI=1S/C9H17F/c1-5(2)7-8(6(3)4)9(7)10/h5-9H,1-4H3. The van der Waals surface area contributed by atoms with Gasteiger partial charge in [-0.3, -0.25) is 0 Å². The Kier molecular flexibility index (Phi) is 2.02. The van der Waals surface area contributed by atoms with Crippen molar-refractivity contribution in [3.05, 3.63) is 0 Å². The summed E-state index contributed by atoms with van der Waals surface area (Å²) in [5.41, 5.74) is 0. The van der Waals surface area contributed by atoms with E-state index in [-0.39, 0.29) is 0 Å². The number of alkyl halides is 1. The third-order valence-electron chi connectivity index (χ3n) is 2.58. The lowest BCUT2D eigenvalue weighted by Crippen LogP contribution is -1.97. The van der Waals surface area contributed by atoms with E-state index in [2.05, 4.69) is 27.7 Å².